The van der Waals surface area contributed by atoms with E-state index in [0.29, 0.717) is 67.6 Å². The smallest absolute Gasteiger partial charge is 0.378 e. The molecule has 3 aromatic rings. The van der Waals surface area contributed by atoms with Crippen LogP contribution in [0.15, 0.2) is 35.4 Å². The summed E-state index contributed by atoms with van der Waals surface area (Å²) in [6, 6.07) is 7.07. The highest BCUT2D eigenvalue weighted by Gasteiger charge is 2.55. The molecule has 2 aromatic heterocycles. The Morgan fingerprint density at radius 1 is 1.08 bits per heavy atom. The average Bonchev–Trinajstić information content (AvgIpc) is 3.63. The summed E-state index contributed by atoms with van der Waals surface area (Å²) in [4.78, 5) is 74.5. The fourth-order valence-electron chi connectivity index (χ4n) is 9.38. The van der Waals surface area contributed by atoms with Gasteiger partial charge in [-0.1, -0.05) is 12.1 Å². The number of hydrogen-bond donors (Lipinski definition) is 2. The second-order valence-corrected chi connectivity index (χ2v) is 18.1. The van der Waals surface area contributed by atoms with E-state index in [9.17, 15) is 37.1 Å². The normalized spacial score (nSPS) is 24.7. The van der Waals surface area contributed by atoms with Gasteiger partial charge in [0.1, 0.15) is 11.6 Å². The highest BCUT2D eigenvalue weighted by molar-refractivity contribution is 7.98. The first-order valence-corrected chi connectivity index (χ1v) is 21.7. The lowest BCUT2D eigenvalue weighted by Crippen LogP contribution is -2.58. The maximum atomic E-state index is 13.6. The predicted octanol–water partition coefficient (Wildman–Crippen LogP) is 5.60. The van der Waals surface area contributed by atoms with Gasteiger partial charge in [-0.2, -0.15) is 27.8 Å². The number of hydrogen-bond acceptors (Lipinski definition) is 12. The number of carbonyl (C=O) groups is 5. The minimum atomic E-state index is -4.83. The van der Waals surface area contributed by atoms with Crippen LogP contribution in [-0.2, 0) is 37.1 Å². The Balaban J connectivity index is 0.00000661. The SMILES string of the molecule is C[C@@H]1CN(CCCOC2CCC(N3C(=O)N(Sc4cnc(C#N)c(C(F)(F)F)c4)C(=O)C3(C)C)CC2)C[C@H](C)N1CC(=O)Nc1cccc2c(C3CCC(=O)NC3=O)nn(C)c12.Cl. The third kappa shape index (κ3) is 9.97. The highest BCUT2D eigenvalue weighted by Crippen LogP contribution is 2.42. The van der Waals surface area contributed by atoms with Crippen molar-refractivity contribution in [2.45, 2.75) is 119 Å². The van der Waals surface area contributed by atoms with Crippen molar-refractivity contribution in [3.63, 3.8) is 0 Å². The number of amides is 6. The van der Waals surface area contributed by atoms with Crippen molar-refractivity contribution in [3.05, 3.63) is 47.4 Å². The van der Waals surface area contributed by atoms with Gasteiger partial charge in [0.15, 0.2) is 5.69 Å². The number of anilines is 1. The zero-order chi connectivity index (χ0) is 44.7. The molecule has 0 spiro atoms. The maximum absolute atomic E-state index is 13.6. The van der Waals surface area contributed by atoms with Gasteiger partial charge in [0.05, 0.1) is 41.0 Å². The lowest BCUT2D eigenvalue weighted by molar-refractivity contribution is -0.138. The van der Waals surface area contributed by atoms with Crippen molar-refractivity contribution < 1.29 is 41.9 Å². The highest BCUT2D eigenvalue weighted by atomic mass is 35.5. The van der Waals surface area contributed by atoms with Gasteiger partial charge in [-0.05, 0) is 78.4 Å². The molecular weight excluding hydrogens is 865 g/mol. The minimum Gasteiger partial charge on any atom is -0.378 e. The number of nitrogens with one attached hydrogen (secondary N) is 2. The zero-order valence-electron chi connectivity index (χ0n) is 35.7. The van der Waals surface area contributed by atoms with Gasteiger partial charge in [-0.15, -0.1) is 12.4 Å². The number of pyridine rings is 1. The summed E-state index contributed by atoms with van der Waals surface area (Å²) in [5.41, 5.74) is -1.33. The number of benzene rings is 1. The number of urea groups is 1. The molecule has 1 saturated carbocycles. The van der Waals surface area contributed by atoms with Gasteiger partial charge in [-0.25, -0.2) is 9.78 Å². The number of nitrogens with zero attached hydrogens (tertiary/aromatic N) is 8. The summed E-state index contributed by atoms with van der Waals surface area (Å²) in [7, 11) is 1.77. The van der Waals surface area contributed by atoms with Crippen LogP contribution in [0.2, 0.25) is 0 Å². The molecule has 0 bridgehead atoms. The molecule has 0 radical (unpaired) electrons. The molecule has 340 valence electrons. The molecule has 6 amide bonds. The van der Waals surface area contributed by atoms with E-state index < -0.39 is 40.8 Å². The van der Waals surface area contributed by atoms with Crippen LogP contribution in [0.4, 0.5) is 23.7 Å². The number of piperidine rings is 1. The van der Waals surface area contributed by atoms with Crippen molar-refractivity contribution in [3.8, 4) is 6.07 Å². The molecule has 1 aliphatic carbocycles. The number of carbonyl (C=O) groups excluding carboxylic acids is 5. The van der Waals surface area contributed by atoms with E-state index in [2.05, 4.69) is 44.4 Å². The Bertz CT molecular complexity index is 2290. The molecule has 2 N–H and O–H groups in total. The van der Waals surface area contributed by atoms with Gasteiger partial charge in [0.25, 0.3) is 5.91 Å². The summed E-state index contributed by atoms with van der Waals surface area (Å²) in [5.74, 6) is -1.89. The first kappa shape index (κ1) is 47.7. The molecule has 16 nitrogen and oxygen atoms in total. The lowest BCUT2D eigenvalue weighted by atomic mass is 9.89. The standard InChI is InChI=1S/C42H51F3N10O6S.ClH/c1-24-21-52(22-25(2)53(24)23-35(57)48-32-9-6-8-29-36(50-51(5)37(29)32)30-14-15-34(56)49-38(30)58)16-7-17-61-27-12-10-26(11-13-27)54-40(60)55(39(59)41(54,3)4)62-28-18-31(42(43,44)45)33(19-46)47-20-28;/h6,8-9,18,20,24-27,30H,7,10-17,21-23H2,1-5H3,(H,48,57)(H,49,56,58);1H/t24-,25+,26?,27?,30?;. The molecular formula is C42H52ClF3N10O6S. The number of para-hydroxylation sites is 1. The van der Waals surface area contributed by atoms with Crippen molar-refractivity contribution in [1.82, 2.24) is 39.1 Å². The number of piperazine rings is 1. The summed E-state index contributed by atoms with van der Waals surface area (Å²) in [6.07, 6.45) is 0.236. The molecule has 3 aliphatic heterocycles. The Morgan fingerprint density at radius 2 is 1.78 bits per heavy atom. The Morgan fingerprint density at radius 3 is 2.43 bits per heavy atom. The van der Waals surface area contributed by atoms with Crippen molar-refractivity contribution in [1.29, 1.82) is 5.26 Å². The maximum Gasteiger partial charge on any atom is 0.419 e. The topological polar surface area (TPSA) is 186 Å². The van der Waals surface area contributed by atoms with E-state index in [1.54, 1.807) is 25.6 Å². The van der Waals surface area contributed by atoms with Crippen LogP contribution in [0.5, 0.6) is 0 Å². The van der Waals surface area contributed by atoms with E-state index in [4.69, 9.17) is 10.00 Å². The van der Waals surface area contributed by atoms with Gasteiger partial charge < -0.3 is 19.9 Å². The predicted molar refractivity (Wildman–Crippen MR) is 228 cm³/mol. The van der Waals surface area contributed by atoms with Gasteiger partial charge in [0, 0.05) is 86.3 Å². The number of alkyl halides is 3. The molecule has 3 saturated heterocycles. The summed E-state index contributed by atoms with van der Waals surface area (Å²) < 4.78 is 49.5. The number of fused-ring (bicyclic) bond motifs is 1. The molecule has 21 heteroatoms. The van der Waals surface area contributed by atoms with Crippen LogP contribution < -0.4 is 10.6 Å². The second kappa shape index (κ2) is 19.1. The Hall–Kier alpha value is -4.81. The molecule has 5 heterocycles. The van der Waals surface area contributed by atoms with Crippen LogP contribution >= 0.6 is 24.4 Å². The van der Waals surface area contributed by atoms with Crippen LogP contribution in [0.1, 0.15) is 95.5 Å². The third-order valence-electron chi connectivity index (χ3n) is 12.4. The van der Waals surface area contributed by atoms with Gasteiger partial charge in [-0.3, -0.25) is 34.1 Å². The molecule has 1 unspecified atom stereocenters. The van der Waals surface area contributed by atoms with E-state index in [-0.39, 0.29) is 72.2 Å². The average molecular weight is 917 g/mol. The number of nitriles is 1. The largest absolute Gasteiger partial charge is 0.419 e. The van der Waals surface area contributed by atoms with E-state index in [1.165, 1.54) is 11.0 Å². The molecule has 63 heavy (non-hydrogen) atoms. The molecule has 7 rings (SSSR count). The van der Waals surface area contributed by atoms with Crippen LogP contribution in [0.3, 0.4) is 0 Å². The fourth-order valence-corrected chi connectivity index (χ4v) is 10.3. The van der Waals surface area contributed by atoms with Gasteiger partial charge >= 0.3 is 12.2 Å². The van der Waals surface area contributed by atoms with Gasteiger partial charge in [0.2, 0.25) is 17.7 Å². The number of aryl methyl sites for hydroxylation is 1. The molecule has 3 atom stereocenters. The zero-order valence-corrected chi connectivity index (χ0v) is 37.4. The van der Waals surface area contributed by atoms with Crippen LogP contribution in [0.25, 0.3) is 10.9 Å². The number of aromatic nitrogens is 3. The third-order valence-corrected chi connectivity index (χ3v) is 13.3. The summed E-state index contributed by atoms with van der Waals surface area (Å²) >= 11 is 0.573. The number of halogens is 4. The van der Waals surface area contributed by atoms with E-state index >= 15 is 0 Å². The Kier molecular flexibility index (Phi) is 14.5. The minimum absolute atomic E-state index is 0. The Labute approximate surface area is 373 Å². The van der Waals surface area contributed by atoms with E-state index in [0.717, 1.165) is 48.0 Å². The number of ether oxygens (including phenoxy) is 1. The van der Waals surface area contributed by atoms with Crippen molar-refractivity contribution >= 4 is 70.6 Å². The molecule has 4 fully saturated rings. The first-order chi connectivity index (χ1) is 29.4. The van der Waals surface area contributed by atoms with Crippen molar-refractivity contribution in [2.24, 2.45) is 7.05 Å². The van der Waals surface area contributed by atoms with Crippen LogP contribution in [-0.4, -0.2) is 126 Å². The fraction of sp³-hybridized carbons (Fsp3) is 0.571. The lowest BCUT2D eigenvalue weighted by Gasteiger charge is -2.44. The summed E-state index contributed by atoms with van der Waals surface area (Å²) in [5, 5.41) is 19.9. The molecule has 1 aromatic carbocycles. The van der Waals surface area contributed by atoms with E-state index in [1.807, 2.05) is 18.2 Å². The van der Waals surface area contributed by atoms with Crippen molar-refractivity contribution in [2.75, 3.05) is 38.1 Å². The number of imide groups is 2. The monoisotopic (exact) mass is 916 g/mol. The second-order valence-electron chi connectivity index (χ2n) is 17.1. The summed E-state index contributed by atoms with van der Waals surface area (Å²) in [6.45, 7) is 10.7. The number of rotatable bonds is 12. The van der Waals surface area contributed by atoms with Crippen LogP contribution in [0, 0.1) is 11.3 Å². The molecule has 4 aliphatic rings. The first-order valence-electron chi connectivity index (χ1n) is 20.9. The quantitative estimate of drug-likeness (QED) is 0.0994.